The molecule has 2 aromatic carbocycles. The average Bonchev–Trinajstić information content (AvgIpc) is 2.91. The summed E-state index contributed by atoms with van der Waals surface area (Å²) in [4.78, 5) is 12.5. The Hall–Kier alpha value is -2.54. The fourth-order valence-electron chi connectivity index (χ4n) is 2.16. The van der Waals surface area contributed by atoms with Gasteiger partial charge in [-0.15, -0.1) is 5.10 Å². The second-order valence-electron chi connectivity index (χ2n) is 4.98. The highest BCUT2D eigenvalue weighted by atomic mass is 32.2. The van der Waals surface area contributed by atoms with Crippen LogP contribution in [0.4, 0.5) is 0 Å². The summed E-state index contributed by atoms with van der Waals surface area (Å²) in [6.45, 7) is 0. The van der Waals surface area contributed by atoms with Gasteiger partial charge in [-0.25, -0.2) is 8.42 Å². The van der Waals surface area contributed by atoms with Crippen molar-refractivity contribution in [1.82, 2.24) is 15.0 Å². The predicted molar refractivity (Wildman–Crippen MR) is 81.4 cm³/mol. The smallest absolute Gasteiger partial charge is 0.253 e. The van der Waals surface area contributed by atoms with E-state index in [1.165, 1.54) is 16.8 Å². The van der Waals surface area contributed by atoms with Gasteiger partial charge < -0.3 is 0 Å². The largest absolute Gasteiger partial charge is 0.272 e. The Balaban J connectivity index is 1.85. The number of sulfone groups is 1. The molecule has 0 aliphatic heterocycles. The molecule has 3 aromatic rings. The van der Waals surface area contributed by atoms with Gasteiger partial charge in [0.1, 0.15) is 5.52 Å². The highest BCUT2D eigenvalue weighted by Gasteiger charge is 2.13. The number of hydrogen-bond donors (Lipinski definition) is 0. The first-order valence-corrected chi connectivity index (χ1v) is 8.47. The molecule has 0 saturated heterocycles. The Morgan fingerprint density at radius 1 is 1.09 bits per heavy atom. The van der Waals surface area contributed by atoms with E-state index in [4.69, 9.17) is 0 Å². The zero-order valence-corrected chi connectivity index (χ0v) is 12.6. The molecule has 0 atom stereocenters. The summed E-state index contributed by atoms with van der Waals surface area (Å²) in [5.74, 6) is -0.221. The highest BCUT2D eigenvalue weighted by Crippen LogP contribution is 2.13. The number of aromatic nitrogens is 3. The van der Waals surface area contributed by atoms with E-state index in [2.05, 4.69) is 10.3 Å². The molecule has 0 spiro atoms. The van der Waals surface area contributed by atoms with Crippen LogP contribution in [-0.4, -0.2) is 35.6 Å². The predicted octanol–water partition coefficient (Wildman–Crippen LogP) is 1.72. The fourth-order valence-corrected chi connectivity index (χ4v) is 2.79. The zero-order valence-electron chi connectivity index (χ0n) is 11.8. The summed E-state index contributed by atoms with van der Waals surface area (Å²) >= 11 is 0. The lowest BCUT2D eigenvalue weighted by Gasteiger charge is -2.03. The summed E-state index contributed by atoms with van der Waals surface area (Å²) in [6, 6.07) is 13.5. The Morgan fingerprint density at radius 2 is 1.77 bits per heavy atom. The van der Waals surface area contributed by atoms with Crippen molar-refractivity contribution in [3.63, 3.8) is 0 Å². The van der Waals surface area contributed by atoms with Gasteiger partial charge in [0.05, 0.1) is 16.8 Å². The van der Waals surface area contributed by atoms with Gasteiger partial charge in [-0.1, -0.05) is 29.5 Å². The minimum Gasteiger partial charge on any atom is -0.272 e. The van der Waals surface area contributed by atoms with Gasteiger partial charge in [-0.2, -0.15) is 4.68 Å². The van der Waals surface area contributed by atoms with E-state index < -0.39 is 9.84 Å². The molecule has 0 unspecified atom stereocenters. The topological polar surface area (TPSA) is 81.9 Å². The summed E-state index contributed by atoms with van der Waals surface area (Å²) in [7, 11) is -3.23. The van der Waals surface area contributed by atoms with Crippen molar-refractivity contribution < 1.29 is 13.2 Å². The van der Waals surface area contributed by atoms with Gasteiger partial charge in [-0.05, 0) is 29.8 Å². The van der Waals surface area contributed by atoms with Crippen LogP contribution in [0.5, 0.6) is 0 Å². The lowest BCUT2D eigenvalue weighted by Crippen LogP contribution is -2.15. The van der Waals surface area contributed by atoms with E-state index in [0.717, 1.165) is 11.8 Å². The van der Waals surface area contributed by atoms with Gasteiger partial charge in [-0.3, -0.25) is 4.79 Å². The maximum absolute atomic E-state index is 12.3. The van der Waals surface area contributed by atoms with Crippen LogP contribution in [0.3, 0.4) is 0 Å². The fraction of sp³-hybridized carbons (Fsp3) is 0.133. The number of para-hydroxylation sites is 1. The van der Waals surface area contributed by atoms with E-state index >= 15 is 0 Å². The number of carbonyl (C=O) groups excluding carboxylic acids is 1. The van der Waals surface area contributed by atoms with Crippen LogP contribution < -0.4 is 0 Å². The first-order chi connectivity index (χ1) is 10.4. The van der Waals surface area contributed by atoms with E-state index in [-0.39, 0.29) is 17.2 Å². The van der Waals surface area contributed by atoms with Crippen molar-refractivity contribution >= 4 is 26.8 Å². The van der Waals surface area contributed by atoms with Gasteiger partial charge >= 0.3 is 0 Å². The quantitative estimate of drug-likeness (QED) is 0.735. The van der Waals surface area contributed by atoms with Crippen molar-refractivity contribution in [2.75, 3.05) is 6.26 Å². The molecule has 3 rings (SSSR count). The molecule has 1 aromatic heterocycles. The molecule has 0 saturated carbocycles. The molecule has 7 heteroatoms. The SMILES string of the molecule is CS(=O)(=O)c1ccc(CC(=O)n2nnc3ccccc32)cc1. The lowest BCUT2D eigenvalue weighted by atomic mass is 10.1. The van der Waals surface area contributed by atoms with Gasteiger partial charge in [0, 0.05) is 6.26 Å². The molecule has 0 aliphatic carbocycles. The molecule has 0 aliphatic rings. The van der Waals surface area contributed by atoms with E-state index in [0.29, 0.717) is 11.0 Å². The van der Waals surface area contributed by atoms with Crippen LogP contribution in [0.15, 0.2) is 53.4 Å². The summed E-state index contributed by atoms with van der Waals surface area (Å²) < 4.78 is 24.1. The number of hydrogen-bond acceptors (Lipinski definition) is 5. The number of benzene rings is 2. The molecular formula is C15H13N3O3S. The summed E-state index contributed by atoms with van der Waals surface area (Å²) in [5, 5.41) is 7.81. The molecule has 0 radical (unpaired) electrons. The number of nitrogens with zero attached hydrogens (tertiary/aromatic N) is 3. The Kier molecular flexibility index (Phi) is 3.50. The average molecular weight is 315 g/mol. The Bertz CT molecular complexity index is 944. The third kappa shape index (κ3) is 2.75. The zero-order chi connectivity index (χ0) is 15.7. The molecule has 1 heterocycles. The van der Waals surface area contributed by atoms with Crippen LogP contribution in [0.1, 0.15) is 10.4 Å². The third-order valence-electron chi connectivity index (χ3n) is 3.29. The van der Waals surface area contributed by atoms with Crippen LogP contribution in [-0.2, 0) is 16.3 Å². The van der Waals surface area contributed by atoms with Crippen LogP contribution in [0, 0.1) is 0 Å². The third-order valence-corrected chi connectivity index (χ3v) is 4.42. The highest BCUT2D eigenvalue weighted by molar-refractivity contribution is 7.90. The molecule has 0 fully saturated rings. The summed E-state index contributed by atoms with van der Waals surface area (Å²) in [5.41, 5.74) is 2.03. The normalized spacial score (nSPS) is 11.7. The second-order valence-corrected chi connectivity index (χ2v) is 6.99. The Morgan fingerprint density at radius 3 is 2.45 bits per heavy atom. The molecule has 0 N–H and O–H groups in total. The second kappa shape index (κ2) is 5.34. The van der Waals surface area contributed by atoms with Crippen molar-refractivity contribution in [3.8, 4) is 0 Å². The number of rotatable bonds is 3. The van der Waals surface area contributed by atoms with Crippen molar-refractivity contribution in [1.29, 1.82) is 0 Å². The van der Waals surface area contributed by atoms with Crippen molar-refractivity contribution in [2.24, 2.45) is 0 Å². The van der Waals surface area contributed by atoms with Gasteiger partial charge in [0.25, 0.3) is 5.91 Å². The monoisotopic (exact) mass is 315 g/mol. The first-order valence-electron chi connectivity index (χ1n) is 6.58. The van der Waals surface area contributed by atoms with Crippen molar-refractivity contribution in [2.45, 2.75) is 11.3 Å². The van der Waals surface area contributed by atoms with E-state index in [1.54, 1.807) is 24.3 Å². The molecule has 6 nitrogen and oxygen atoms in total. The molecule has 0 amide bonds. The van der Waals surface area contributed by atoms with Gasteiger partial charge in [0.15, 0.2) is 9.84 Å². The Labute approximate surface area is 127 Å². The number of fused-ring (bicyclic) bond motifs is 1. The summed E-state index contributed by atoms with van der Waals surface area (Å²) in [6.07, 6.45) is 1.27. The minimum absolute atomic E-state index is 0.122. The lowest BCUT2D eigenvalue weighted by molar-refractivity contribution is 0.0901. The van der Waals surface area contributed by atoms with E-state index in [9.17, 15) is 13.2 Å². The first kappa shape index (κ1) is 14.4. The molecule has 22 heavy (non-hydrogen) atoms. The van der Waals surface area contributed by atoms with Crippen molar-refractivity contribution in [3.05, 3.63) is 54.1 Å². The number of carbonyl (C=O) groups is 1. The maximum Gasteiger partial charge on any atom is 0.253 e. The van der Waals surface area contributed by atoms with Gasteiger partial charge in [0.2, 0.25) is 0 Å². The molecule has 112 valence electrons. The van der Waals surface area contributed by atoms with Crippen LogP contribution >= 0.6 is 0 Å². The van der Waals surface area contributed by atoms with Crippen LogP contribution in [0.25, 0.3) is 11.0 Å². The molecular weight excluding hydrogens is 302 g/mol. The maximum atomic E-state index is 12.3. The minimum atomic E-state index is -3.23. The van der Waals surface area contributed by atoms with E-state index in [1.807, 2.05) is 12.1 Å². The van der Waals surface area contributed by atoms with Crippen LogP contribution in [0.2, 0.25) is 0 Å². The standard InChI is InChI=1S/C15H13N3O3S/c1-22(20,21)12-8-6-11(7-9-12)10-15(19)18-14-5-3-2-4-13(14)16-17-18/h2-9H,10H2,1H3. The molecule has 0 bridgehead atoms.